The Labute approximate surface area is 185 Å². The molecule has 5 rings (SSSR count). The van der Waals surface area contributed by atoms with Crippen LogP contribution in [0.25, 0.3) is 11.3 Å². The lowest BCUT2D eigenvalue weighted by atomic mass is 9.96. The van der Waals surface area contributed by atoms with Crippen LogP contribution >= 0.6 is 0 Å². The molecule has 1 aromatic heterocycles. The number of fused-ring (bicyclic) bond motifs is 1. The molecule has 2 fully saturated rings. The monoisotopic (exact) mass is 419 g/mol. The lowest BCUT2D eigenvalue weighted by Crippen LogP contribution is -2.54. The van der Waals surface area contributed by atoms with Crippen LogP contribution in [0.4, 0.5) is 0 Å². The Balaban J connectivity index is 1.15. The molecule has 0 spiro atoms. The number of piperazine rings is 1. The number of amides is 1. The van der Waals surface area contributed by atoms with Crippen LogP contribution in [0.5, 0.6) is 0 Å². The van der Waals surface area contributed by atoms with E-state index in [1.54, 1.807) is 6.20 Å². The zero-order chi connectivity index (χ0) is 21.2. The fraction of sp³-hybridized carbons (Fsp3) is 0.560. The highest BCUT2D eigenvalue weighted by Crippen LogP contribution is 2.30. The molecule has 1 aliphatic carbocycles. The number of hydrogen-bond acceptors (Lipinski definition) is 5. The molecule has 1 amide bonds. The molecule has 3 heterocycles. The van der Waals surface area contributed by atoms with E-state index in [0.717, 1.165) is 68.9 Å². The van der Waals surface area contributed by atoms with Crippen LogP contribution in [0.2, 0.25) is 0 Å². The van der Waals surface area contributed by atoms with E-state index in [1.165, 1.54) is 30.4 Å². The van der Waals surface area contributed by atoms with Crippen molar-refractivity contribution in [1.29, 1.82) is 0 Å². The number of nitrogens with zero attached hydrogens (tertiary/aromatic N) is 5. The second-order valence-corrected chi connectivity index (χ2v) is 9.45. The molecule has 0 radical (unpaired) electrons. The van der Waals surface area contributed by atoms with E-state index < -0.39 is 0 Å². The van der Waals surface area contributed by atoms with Crippen molar-refractivity contribution in [2.75, 3.05) is 39.3 Å². The number of aromatic nitrogens is 2. The SMILES string of the molecule is CC1CCCC1N1CCN(C(=O)CN2CCc3cc(-c4cccnn4)ccc3C2)CC1. The van der Waals surface area contributed by atoms with Crippen molar-refractivity contribution in [2.24, 2.45) is 5.92 Å². The fourth-order valence-electron chi connectivity index (χ4n) is 5.62. The Morgan fingerprint density at radius 2 is 1.94 bits per heavy atom. The summed E-state index contributed by atoms with van der Waals surface area (Å²) in [6.45, 7) is 8.54. The molecule has 31 heavy (non-hydrogen) atoms. The summed E-state index contributed by atoms with van der Waals surface area (Å²) in [6, 6.07) is 11.2. The van der Waals surface area contributed by atoms with E-state index in [2.05, 4.69) is 50.0 Å². The summed E-state index contributed by atoms with van der Waals surface area (Å²) >= 11 is 0. The zero-order valence-corrected chi connectivity index (χ0v) is 18.5. The lowest BCUT2D eigenvalue weighted by molar-refractivity contribution is -0.134. The van der Waals surface area contributed by atoms with Crippen LogP contribution in [0.1, 0.15) is 37.3 Å². The highest BCUT2D eigenvalue weighted by Gasteiger charge is 2.32. The Hall–Kier alpha value is -2.31. The maximum Gasteiger partial charge on any atom is 0.236 e. The molecule has 3 aliphatic rings. The molecule has 164 valence electrons. The Morgan fingerprint density at radius 3 is 2.68 bits per heavy atom. The zero-order valence-electron chi connectivity index (χ0n) is 18.5. The Bertz CT molecular complexity index is 909. The van der Waals surface area contributed by atoms with Crippen molar-refractivity contribution in [3.8, 4) is 11.3 Å². The van der Waals surface area contributed by atoms with Crippen molar-refractivity contribution in [3.05, 3.63) is 47.7 Å². The molecule has 2 unspecified atom stereocenters. The minimum atomic E-state index is 0.291. The van der Waals surface area contributed by atoms with Gasteiger partial charge in [0.15, 0.2) is 0 Å². The molecule has 6 heteroatoms. The predicted molar refractivity (Wildman–Crippen MR) is 121 cm³/mol. The average molecular weight is 420 g/mol. The number of hydrogen-bond donors (Lipinski definition) is 0. The molecular weight excluding hydrogens is 386 g/mol. The number of rotatable bonds is 4. The van der Waals surface area contributed by atoms with Gasteiger partial charge in [-0.2, -0.15) is 10.2 Å². The van der Waals surface area contributed by atoms with Crippen LogP contribution < -0.4 is 0 Å². The van der Waals surface area contributed by atoms with Gasteiger partial charge < -0.3 is 4.90 Å². The van der Waals surface area contributed by atoms with E-state index in [9.17, 15) is 4.79 Å². The number of benzene rings is 1. The van der Waals surface area contributed by atoms with E-state index in [4.69, 9.17) is 0 Å². The largest absolute Gasteiger partial charge is 0.339 e. The van der Waals surface area contributed by atoms with Crippen LogP contribution in [0.15, 0.2) is 36.5 Å². The number of carbonyl (C=O) groups is 1. The van der Waals surface area contributed by atoms with Crippen molar-refractivity contribution >= 4 is 5.91 Å². The minimum absolute atomic E-state index is 0.291. The highest BCUT2D eigenvalue weighted by atomic mass is 16.2. The van der Waals surface area contributed by atoms with Crippen LogP contribution in [0.3, 0.4) is 0 Å². The fourth-order valence-corrected chi connectivity index (χ4v) is 5.62. The van der Waals surface area contributed by atoms with Gasteiger partial charge in [0.05, 0.1) is 12.2 Å². The van der Waals surface area contributed by atoms with Crippen LogP contribution in [-0.2, 0) is 17.8 Å². The second-order valence-electron chi connectivity index (χ2n) is 9.45. The first-order valence-corrected chi connectivity index (χ1v) is 11.8. The van der Waals surface area contributed by atoms with Gasteiger partial charge in [-0.3, -0.25) is 14.6 Å². The van der Waals surface area contributed by atoms with Crippen molar-refractivity contribution in [1.82, 2.24) is 24.9 Å². The molecular formula is C25H33N5O. The quantitative estimate of drug-likeness (QED) is 0.763. The molecule has 1 aromatic carbocycles. The molecule has 2 atom stereocenters. The first-order valence-electron chi connectivity index (χ1n) is 11.8. The molecule has 2 aromatic rings. The van der Waals surface area contributed by atoms with Crippen molar-refractivity contribution < 1.29 is 4.79 Å². The summed E-state index contributed by atoms with van der Waals surface area (Å²) in [5.74, 6) is 1.10. The summed E-state index contributed by atoms with van der Waals surface area (Å²) in [4.78, 5) is 20.0. The van der Waals surface area contributed by atoms with Crippen LogP contribution in [-0.4, -0.2) is 76.1 Å². The van der Waals surface area contributed by atoms with Gasteiger partial charge in [0.2, 0.25) is 5.91 Å². The standard InChI is InChI=1S/C25H33N5O/c1-19-4-2-6-24(19)29-12-14-30(15-13-29)25(31)18-28-11-9-20-16-21(7-8-22(20)17-28)23-5-3-10-26-27-23/h3,5,7-8,10,16,19,24H,2,4,6,9,11-15,17-18H2,1H3. The smallest absolute Gasteiger partial charge is 0.236 e. The molecule has 2 aliphatic heterocycles. The van der Waals surface area contributed by atoms with Gasteiger partial charge >= 0.3 is 0 Å². The summed E-state index contributed by atoms with van der Waals surface area (Å²) in [5, 5.41) is 8.21. The van der Waals surface area contributed by atoms with Gasteiger partial charge in [0.1, 0.15) is 0 Å². The van der Waals surface area contributed by atoms with E-state index in [1.807, 2.05) is 12.1 Å². The third-order valence-corrected chi connectivity index (χ3v) is 7.48. The summed E-state index contributed by atoms with van der Waals surface area (Å²) in [5.41, 5.74) is 4.72. The third kappa shape index (κ3) is 4.51. The topological polar surface area (TPSA) is 52.6 Å². The molecule has 0 bridgehead atoms. The van der Waals surface area contributed by atoms with Gasteiger partial charge in [-0.15, -0.1) is 0 Å². The van der Waals surface area contributed by atoms with Gasteiger partial charge in [-0.25, -0.2) is 0 Å². The first kappa shape index (κ1) is 20.6. The number of carbonyl (C=O) groups excluding carboxylic acids is 1. The Morgan fingerprint density at radius 1 is 1.06 bits per heavy atom. The van der Waals surface area contributed by atoms with Gasteiger partial charge in [0.25, 0.3) is 0 Å². The second kappa shape index (κ2) is 9.05. The Kier molecular flexibility index (Phi) is 6.01. The first-order chi connectivity index (χ1) is 15.2. The van der Waals surface area contributed by atoms with Crippen LogP contribution in [0, 0.1) is 5.92 Å². The highest BCUT2D eigenvalue weighted by molar-refractivity contribution is 5.78. The molecule has 1 saturated carbocycles. The molecule has 0 N–H and O–H groups in total. The summed E-state index contributed by atoms with van der Waals surface area (Å²) in [7, 11) is 0. The van der Waals surface area contributed by atoms with Crippen molar-refractivity contribution in [3.63, 3.8) is 0 Å². The lowest BCUT2D eigenvalue weighted by Gasteiger charge is -2.40. The molecule has 6 nitrogen and oxygen atoms in total. The van der Waals surface area contributed by atoms with Gasteiger partial charge in [0, 0.05) is 57.1 Å². The van der Waals surface area contributed by atoms with E-state index in [-0.39, 0.29) is 0 Å². The molecule has 1 saturated heterocycles. The minimum Gasteiger partial charge on any atom is -0.339 e. The third-order valence-electron chi connectivity index (χ3n) is 7.48. The average Bonchev–Trinajstić information content (AvgIpc) is 3.25. The summed E-state index contributed by atoms with van der Waals surface area (Å²) < 4.78 is 0. The summed E-state index contributed by atoms with van der Waals surface area (Å²) in [6.07, 6.45) is 6.74. The van der Waals surface area contributed by atoms with Crippen molar-refractivity contribution in [2.45, 2.75) is 45.2 Å². The predicted octanol–water partition coefficient (Wildman–Crippen LogP) is 2.83. The maximum absolute atomic E-state index is 13.0. The van der Waals surface area contributed by atoms with Gasteiger partial charge in [-0.05, 0) is 54.5 Å². The van der Waals surface area contributed by atoms with Gasteiger partial charge in [-0.1, -0.05) is 25.5 Å². The van der Waals surface area contributed by atoms with E-state index >= 15 is 0 Å². The van der Waals surface area contributed by atoms with E-state index in [0.29, 0.717) is 12.5 Å². The maximum atomic E-state index is 13.0. The normalized spacial score (nSPS) is 24.9.